The number of likely N-dealkylation sites (N-methyl/N-ethyl adjacent to an activating group) is 1. The zero-order valence-electron chi connectivity index (χ0n) is 15.6. The van der Waals surface area contributed by atoms with Gasteiger partial charge in [-0.3, -0.25) is 4.79 Å². The summed E-state index contributed by atoms with van der Waals surface area (Å²) in [5.74, 6) is 1.35. The number of hydrogen-bond donors (Lipinski definition) is 0. The van der Waals surface area contributed by atoms with Gasteiger partial charge >= 0.3 is 0 Å². The van der Waals surface area contributed by atoms with Crippen LogP contribution < -0.4 is 9.47 Å². The Balaban J connectivity index is 1.47. The van der Waals surface area contributed by atoms with Gasteiger partial charge in [-0.05, 0) is 43.3 Å². The number of halogens is 1. The number of nitrogens with zero attached hydrogens (tertiary/aromatic N) is 3. The van der Waals surface area contributed by atoms with Gasteiger partial charge in [0.15, 0.2) is 17.6 Å². The molecular weight excluding hydrogens is 422 g/mol. The molecule has 2 aromatic carbocycles. The zero-order valence-corrected chi connectivity index (χ0v) is 17.2. The summed E-state index contributed by atoms with van der Waals surface area (Å²) in [5, 5.41) is 4.39. The number of ether oxygens (including phenoxy) is 2. The van der Waals surface area contributed by atoms with Crippen molar-refractivity contribution < 1.29 is 14.3 Å². The van der Waals surface area contributed by atoms with Crippen LogP contribution in [0.5, 0.6) is 11.5 Å². The van der Waals surface area contributed by atoms with Gasteiger partial charge in [0, 0.05) is 11.5 Å². The number of carbonyl (C=O) groups excluding carboxylic acids is 1. The predicted octanol–water partition coefficient (Wildman–Crippen LogP) is 3.86. The first kappa shape index (κ1) is 18.6. The number of fused-ring (bicyclic) bond motifs is 1. The summed E-state index contributed by atoms with van der Waals surface area (Å²) in [7, 11) is 1.77. The minimum Gasteiger partial charge on any atom is -0.486 e. The average molecular weight is 442 g/mol. The fourth-order valence-corrected chi connectivity index (χ4v) is 3.47. The van der Waals surface area contributed by atoms with Crippen molar-refractivity contribution in [2.24, 2.45) is 0 Å². The van der Waals surface area contributed by atoms with Gasteiger partial charge in [-0.2, -0.15) is 5.10 Å². The molecule has 3 aromatic rings. The van der Waals surface area contributed by atoms with Crippen molar-refractivity contribution in [2.75, 3.05) is 20.2 Å². The molecule has 0 spiro atoms. The molecule has 1 atom stereocenters. The molecular formula is C21H20BrN3O3. The molecule has 0 saturated heterocycles. The first-order chi connectivity index (χ1) is 13.5. The minimum atomic E-state index is -0.217. The Labute approximate surface area is 171 Å². The quantitative estimate of drug-likeness (QED) is 0.616. The number of amides is 1. The summed E-state index contributed by atoms with van der Waals surface area (Å²) in [5.41, 5.74) is 2.27. The lowest BCUT2D eigenvalue weighted by Crippen LogP contribution is -2.41. The molecule has 1 amide bonds. The fourth-order valence-electron chi connectivity index (χ4n) is 3.21. The van der Waals surface area contributed by atoms with Crippen LogP contribution in [-0.4, -0.2) is 46.9 Å². The Hall–Kier alpha value is -2.80. The van der Waals surface area contributed by atoms with Gasteiger partial charge in [0.25, 0.3) is 5.91 Å². The molecule has 6 nitrogen and oxygen atoms in total. The highest BCUT2D eigenvalue weighted by atomic mass is 79.9. The Kier molecular flexibility index (Phi) is 5.09. The Morgan fingerprint density at radius 3 is 2.68 bits per heavy atom. The van der Waals surface area contributed by atoms with E-state index in [1.807, 2.05) is 55.5 Å². The van der Waals surface area contributed by atoms with E-state index in [0.717, 1.165) is 21.6 Å². The summed E-state index contributed by atoms with van der Waals surface area (Å²) in [6.45, 7) is 2.73. The molecule has 1 unspecified atom stereocenters. The Morgan fingerprint density at radius 2 is 1.93 bits per heavy atom. The van der Waals surface area contributed by atoms with Crippen LogP contribution in [0.25, 0.3) is 5.69 Å². The Bertz CT molecular complexity index is 1000. The molecule has 0 N–H and O–H groups in total. The maximum atomic E-state index is 13.0. The van der Waals surface area contributed by atoms with Crippen LogP contribution in [0.4, 0.5) is 0 Å². The van der Waals surface area contributed by atoms with Crippen molar-refractivity contribution in [1.82, 2.24) is 14.7 Å². The van der Waals surface area contributed by atoms with Gasteiger partial charge in [0.1, 0.15) is 6.61 Å². The highest BCUT2D eigenvalue weighted by molar-refractivity contribution is 9.10. The van der Waals surface area contributed by atoms with Crippen LogP contribution >= 0.6 is 15.9 Å². The molecule has 28 heavy (non-hydrogen) atoms. The smallest absolute Gasteiger partial charge is 0.257 e. The number of aromatic nitrogens is 2. The van der Waals surface area contributed by atoms with E-state index >= 15 is 0 Å². The molecule has 1 aliphatic heterocycles. The first-order valence-corrected chi connectivity index (χ1v) is 9.77. The van der Waals surface area contributed by atoms with Crippen molar-refractivity contribution in [3.05, 3.63) is 70.5 Å². The van der Waals surface area contributed by atoms with Gasteiger partial charge in [-0.15, -0.1) is 0 Å². The third-order valence-electron chi connectivity index (χ3n) is 4.70. The molecule has 4 rings (SSSR count). The van der Waals surface area contributed by atoms with Gasteiger partial charge in [0.2, 0.25) is 0 Å². The second-order valence-corrected chi connectivity index (χ2v) is 7.63. The van der Waals surface area contributed by atoms with E-state index in [4.69, 9.17) is 9.47 Å². The van der Waals surface area contributed by atoms with E-state index in [9.17, 15) is 4.79 Å². The van der Waals surface area contributed by atoms with Crippen molar-refractivity contribution in [1.29, 1.82) is 0 Å². The molecule has 0 bridgehead atoms. The lowest BCUT2D eigenvalue weighted by Gasteiger charge is -2.29. The van der Waals surface area contributed by atoms with E-state index in [2.05, 4.69) is 21.0 Å². The largest absolute Gasteiger partial charge is 0.486 e. The number of carbonyl (C=O) groups is 1. The highest BCUT2D eigenvalue weighted by Gasteiger charge is 2.25. The van der Waals surface area contributed by atoms with Gasteiger partial charge in [0.05, 0.1) is 29.7 Å². The summed E-state index contributed by atoms with van der Waals surface area (Å²) in [6.07, 6.45) is 1.40. The van der Waals surface area contributed by atoms with E-state index in [0.29, 0.717) is 24.5 Å². The number of rotatable bonds is 4. The van der Waals surface area contributed by atoms with E-state index in [1.165, 1.54) is 0 Å². The van der Waals surface area contributed by atoms with Crippen LogP contribution in [0.2, 0.25) is 0 Å². The SMILES string of the molecule is Cc1c(C(=O)N(C)CC2COc3ccccc3O2)cnn1-c1ccc(Br)cc1. The molecule has 0 aliphatic carbocycles. The second kappa shape index (κ2) is 7.67. The average Bonchev–Trinajstić information content (AvgIpc) is 3.09. The molecule has 1 aliphatic rings. The summed E-state index contributed by atoms with van der Waals surface area (Å²) < 4.78 is 14.5. The lowest BCUT2D eigenvalue weighted by molar-refractivity contribution is 0.0520. The first-order valence-electron chi connectivity index (χ1n) is 8.97. The van der Waals surface area contributed by atoms with E-state index in [-0.39, 0.29) is 12.0 Å². The predicted molar refractivity (Wildman–Crippen MR) is 109 cm³/mol. The van der Waals surface area contributed by atoms with Crippen molar-refractivity contribution >= 4 is 21.8 Å². The van der Waals surface area contributed by atoms with Crippen LogP contribution in [0.3, 0.4) is 0 Å². The molecule has 0 fully saturated rings. The standard InChI is InChI=1S/C21H20BrN3O3/c1-14-18(11-23-25(14)16-9-7-15(22)8-10-16)21(26)24(2)12-17-13-27-19-5-3-4-6-20(19)28-17/h3-11,17H,12-13H2,1-2H3. The molecule has 2 heterocycles. The topological polar surface area (TPSA) is 56.6 Å². The van der Waals surface area contributed by atoms with Crippen LogP contribution in [0, 0.1) is 6.92 Å². The van der Waals surface area contributed by atoms with Crippen molar-refractivity contribution in [2.45, 2.75) is 13.0 Å². The van der Waals surface area contributed by atoms with Crippen LogP contribution in [-0.2, 0) is 0 Å². The van der Waals surface area contributed by atoms with Gasteiger partial charge in [-0.1, -0.05) is 28.1 Å². The minimum absolute atomic E-state index is 0.0941. The molecule has 144 valence electrons. The van der Waals surface area contributed by atoms with Crippen molar-refractivity contribution in [3.63, 3.8) is 0 Å². The molecule has 0 radical (unpaired) electrons. The molecule has 7 heteroatoms. The highest BCUT2D eigenvalue weighted by Crippen LogP contribution is 2.31. The van der Waals surface area contributed by atoms with Crippen LogP contribution in [0.15, 0.2) is 59.2 Å². The lowest BCUT2D eigenvalue weighted by atomic mass is 10.2. The Morgan fingerprint density at radius 1 is 1.21 bits per heavy atom. The summed E-state index contributed by atoms with van der Waals surface area (Å²) in [4.78, 5) is 14.6. The van der Waals surface area contributed by atoms with E-state index < -0.39 is 0 Å². The third kappa shape index (κ3) is 3.62. The maximum Gasteiger partial charge on any atom is 0.257 e. The van der Waals surface area contributed by atoms with Gasteiger partial charge in [-0.25, -0.2) is 4.68 Å². The molecule has 1 aromatic heterocycles. The normalized spacial score (nSPS) is 15.3. The monoisotopic (exact) mass is 441 g/mol. The summed E-state index contributed by atoms with van der Waals surface area (Å²) in [6, 6.07) is 15.4. The van der Waals surface area contributed by atoms with E-state index in [1.54, 1.807) is 22.8 Å². The van der Waals surface area contributed by atoms with Crippen molar-refractivity contribution in [3.8, 4) is 17.2 Å². The second-order valence-electron chi connectivity index (χ2n) is 6.72. The molecule has 0 saturated carbocycles. The zero-order chi connectivity index (χ0) is 19.7. The number of para-hydroxylation sites is 2. The van der Waals surface area contributed by atoms with Gasteiger partial charge < -0.3 is 14.4 Å². The van der Waals surface area contributed by atoms with Crippen LogP contribution in [0.1, 0.15) is 16.1 Å². The fraction of sp³-hybridized carbons (Fsp3) is 0.238. The third-order valence-corrected chi connectivity index (χ3v) is 5.23. The maximum absolute atomic E-state index is 13.0. The number of benzene rings is 2. The summed E-state index contributed by atoms with van der Waals surface area (Å²) >= 11 is 3.43. The number of hydrogen-bond acceptors (Lipinski definition) is 4.